The van der Waals surface area contributed by atoms with Crippen molar-refractivity contribution in [3.8, 4) is 11.3 Å². The highest BCUT2D eigenvalue weighted by atomic mass is 14.7. The molecule has 0 aliphatic rings. The van der Waals surface area contributed by atoms with Gasteiger partial charge >= 0.3 is 0 Å². The number of benzene rings is 3. The largest absolute Gasteiger partial charge is 0.256 e. The Kier molecular flexibility index (Phi) is 2.80. The van der Waals surface area contributed by atoms with E-state index in [0.29, 0.717) is 0 Å². The van der Waals surface area contributed by atoms with Gasteiger partial charge in [0.1, 0.15) is 0 Å². The highest BCUT2D eigenvalue weighted by molar-refractivity contribution is 6.16. The molecule has 0 N–H and O–H groups in total. The molecular weight excluding hydrogens is 266 g/mol. The number of pyridine rings is 1. The Morgan fingerprint density at radius 3 is 2.50 bits per heavy atom. The summed E-state index contributed by atoms with van der Waals surface area (Å²) >= 11 is 0. The molecule has 0 fully saturated rings. The Morgan fingerprint density at radius 2 is 1.73 bits per heavy atom. The maximum absolute atomic E-state index is 4.50. The molecule has 1 aromatic heterocycles. The lowest BCUT2D eigenvalue weighted by Crippen LogP contribution is -2.01. The Balaban J connectivity index is 2.23. The van der Waals surface area contributed by atoms with Crippen molar-refractivity contribution in [1.29, 1.82) is 0 Å². The molecule has 0 aliphatic carbocycles. The minimum absolute atomic E-state index is 0.992. The van der Waals surface area contributed by atoms with Crippen LogP contribution < -0.4 is 5.22 Å². The zero-order valence-electron chi connectivity index (χ0n) is 12.2. The zero-order chi connectivity index (χ0) is 15.1. The highest BCUT2D eigenvalue weighted by Crippen LogP contribution is 2.34. The molecule has 1 nitrogen and oxygen atoms in total. The summed E-state index contributed by atoms with van der Waals surface area (Å²) in [7, 11) is 0. The number of hydrogen-bond donors (Lipinski definition) is 0. The van der Waals surface area contributed by atoms with E-state index >= 15 is 0 Å². The monoisotopic (exact) mass is 281 g/mol. The molecule has 0 saturated carbocycles. The normalized spacial score (nSPS) is 11.1. The van der Waals surface area contributed by atoms with Crippen LogP contribution in [0.1, 0.15) is 5.56 Å². The fourth-order valence-corrected chi connectivity index (χ4v) is 3.16. The van der Waals surface area contributed by atoms with Crippen molar-refractivity contribution in [3.63, 3.8) is 0 Å². The average Bonchev–Trinajstić information content (AvgIpc) is 2.58. The van der Waals surface area contributed by atoms with Gasteiger partial charge in [-0.15, -0.1) is 0 Å². The third-order valence-corrected chi connectivity index (χ3v) is 4.19. The SMILES string of the molecule is C=Cc1ccc2c(-c3ccccn3)ccc3ccc(=C)c1c32. The predicted octanol–water partition coefficient (Wildman–Crippen LogP) is 4.83. The molecule has 0 radical (unpaired) electrons. The van der Waals surface area contributed by atoms with Gasteiger partial charge in [0.25, 0.3) is 0 Å². The van der Waals surface area contributed by atoms with Crippen LogP contribution in [-0.4, -0.2) is 4.98 Å². The maximum Gasteiger partial charge on any atom is 0.0708 e. The van der Waals surface area contributed by atoms with E-state index in [4.69, 9.17) is 0 Å². The quantitative estimate of drug-likeness (QED) is 0.513. The fraction of sp³-hybridized carbons (Fsp3) is 0. The summed E-state index contributed by atoms with van der Waals surface area (Å²) in [6, 6.07) is 18.8. The summed E-state index contributed by atoms with van der Waals surface area (Å²) in [5.41, 5.74) is 3.27. The van der Waals surface area contributed by atoms with E-state index in [0.717, 1.165) is 22.0 Å². The van der Waals surface area contributed by atoms with Crippen molar-refractivity contribution >= 4 is 34.2 Å². The fourth-order valence-electron chi connectivity index (χ4n) is 3.16. The molecule has 0 spiro atoms. The first-order valence-electron chi connectivity index (χ1n) is 7.30. The van der Waals surface area contributed by atoms with Gasteiger partial charge in [-0.3, -0.25) is 4.98 Å². The topological polar surface area (TPSA) is 12.9 Å². The zero-order valence-corrected chi connectivity index (χ0v) is 12.2. The number of nitrogens with zero attached hydrogens (tertiary/aromatic N) is 1. The first-order valence-corrected chi connectivity index (χ1v) is 7.30. The molecule has 0 amide bonds. The second-order valence-electron chi connectivity index (χ2n) is 5.43. The van der Waals surface area contributed by atoms with Crippen molar-refractivity contribution in [3.05, 3.63) is 78.2 Å². The minimum Gasteiger partial charge on any atom is -0.256 e. The first kappa shape index (κ1) is 12.8. The van der Waals surface area contributed by atoms with Gasteiger partial charge in [-0.05, 0) is 44.5 Å². The summed E-state index contributed by atoms with van der Waals surface area (Å²) < 4.78 is 0. The van der Waals surface area contributed by atoms with Crippen molar-refractivity contribution < 1.29 is 0 Å². The Morgan fingerprint density at radius 1 is 0.864 bits per heavy atom. The Bertz CT molecular complexity index is 1050. The second-order valence-corrected chi connectivity index (χ2v) is 5.43. The smallest absolute Gasteiger partial charge is 0.0708 e. The van der Waals surface area contributed by atoms with Crippen LogP contribution in [0, 0.1) is 0 Å². The van der Waals surface area contributed by atoms with Gasteiger partial charge in [-0.2, -0.15) is 0 Å². The minimum atomic E-state index is 0.992. The molecule has 3 aromatic carbocycles. The van der Waals surface area contributed by atoms with Crippen LogP contribution in [0.4, 0.5) is 0 Å². The van der Waals surface area contributed by atoms with Crippen molar-refractivity contribution in [2.24, 2.45) is 0 Å². The molecule has 0 saturated heterocycles. The summed E-state index contributed by atoms with van der Waals surface area (Å²) in [5, 5.41) is 5.89. The van der Waals surface area contributed by atoms with E-state index in [-0.39, 0.29) is 0 Å². The average molecular weight is 281 g/mol. The van der Waals surface area contributed by atoms with E-state index in [1.807, 2.05) is 30.5 Å². The van der Waals surface area contributed by atoms with Crippen molar-refractivity contribution in [2.45, 2.75) is 0 Å². The maximum atomic E-state index is 4.50. The van der Waals surface area contributed by atoms with Crippen molar-refractivity contribution in [2.75, 3.05) is 0 Å². The van der Waals surface area contributed by atoms with E-state index in [1.54, 1.807) is 0 Å². The summed E-state index contributed by atoms with van der Waals surface area (Å²) in [5.74, 6) is 0. The third kappa shape index (κ3) is 1.76. The molecule has 104 valence electrons. The molecule has 0 bridgehead atoms. The molecule has 22 heavy (non-hydrogen) atoms. The lowest BCUT2D eigenvalue weighted by molar-refractivity contribution is 1.33. The van der Waals surface area contributed by atoms with Gasteiger partial charge in [0, 0.05) is 11.8 Å². The van der Waals surface area contributed by atoms with E-state index in [2.05, 4.69) is 54.5 Å². The lowest BCUT2D eigenvalue weighted by Gasteiger charge is -2.13. The third-order valence-electron chi connectivity index (χ3n) is 4.19. The van der Waals surface area contributed by atoms with Gasteiger partial charge in [0.15, 0.2) is 0 Å². The Labute approximate surface area is 129 Å². The van der Waals surface area contributed by atoms with Crippen LogP contribution in [0.15, 0.2) is 67.4 Å². The number of aromatic nitrogens is 1. The van der Waals surface area contributed by atoms with Gasteiger partial charge in [0.2, 0.25) is 0 Å². The molecule has 1 heteroatoms. The summed E-state index contributed by atoms with van der Waals surface area (Å²) in [6.07, 6.45) is 3.73. The van der Waals surface area contributed by atoms with E-state index in [1.165, 1.54) is 21.5 Å². The summed E-state index contributed by atoms with van der Waals surface area (Å²) in [4.78, 5) is 4.50. The Hall–Kier alpha value is -2.93. The van der Waals surface area contributed by atoms with Crippen LogP contribution in [0.2, 0.25) is 0 Å². The lowest BCUT2D eigenvalue weighted by atomic mass is 9.92. The van der Waals surface area contributed by atoms with Crippen LogP contribution in [0.3, 0.4) is 0 Å². The standard InChI is InChI=1S/C21H15N/c1-3-15-9-12-18-17(19-6-4-5-13-22-19)11-10-16-8-7-14(2)20(15)21(16)18/h3-13H,1-2H2. The number of hydrogen-bond acceptors (Lipinski definition) is 1. The van der Waals surface area contributed by atoms with Crippen LogP contribution in [0.5, 0.6) is 0 Å². The van der Waals surface area contributed by atoms with Crippen LogP contribution in [-0.2, 0) is 0 Å². The second kappa shape index (κ2) is 4.81. The molecule has 4 aromatic rings. The highest BCUT2D eigenvalue weighted by Gasteiger charge is 2.11. The predicted molar refractivity (Wildman–Crippen MR) is 95.5 cm³/mol. The summed E-state index contributed by atoms with van der Waals surface area (Å²) in [6.45, 7) is 8.14. The van der Waals surface area contributed by atoms with Crippen LogP contribution in [0.25, 0.3) is 45.5 Å². The van der Waals surface area contributed by atoms with E-state index < -0.39 is 0 Å². The van der Waals surface area contributed by atoms with E-state index in [9.17, 15) is 0 Å². The van der Waals surface area contributed by atoms with Gasteiger partial charge in [-0.25, -0.2) is 0 Å². The van der Waals surface area contributed by atoms with Gasteiger partial charge in [-0.1, -0.05) is 61.7 Å². The van der Waals surface area contributed by atoms with Crippen molar-refractivity contribution in [1.82, 2.24) is 4.98 Å². The molecule has 0 atom stereocenters. The molecule has 1 heterocycles. The molecular formula is C21H15N. The molecule has 0 unspecified atom stereocenters. The molecule has 4 rings (SSSR count). The first-order chi connectivity index (χ1) is 10.8. The number of rotatable bonds is 2. The molecule has 0 aliphatic heterocycles. The van der Waals surface area contributed by atoms with Gasteiger partial charge < -0.3 is 0 Å². The van der Waals surface area contributed by atoms with Gasteiger partial charge in [0.05, 0.1) is 5.69 Å². The van der Waals surface area contributed by atoms with Crippen LogP contribution >= 0.6 is 0 Å².